The first-order valence-corrected chi connectivity index (χ1v) is 12.3. The molecule has 0 aliphatic heterocycles. The molecule has 0 amide bonds. The van der Waals surface area contributed by atoms with Crippen LogP contribution in [-0.2, 0) is 21.6 Å². The Morgan fingerprint density at radius 1 is 1.28 bits per heavy atom. The van der Waals surface area contributed by atoms with Gasteiger partial charge in [-0.2, -0.15) is 0 Å². The summed E-state index contributed by atoms with van der Waals surface area (Å²) in [5, 5.41) is 35.3. The molecule has 2 aromatic heterocycles. The number of aromatic hydroxyl groups is 1. The zero-order valence-corrected chi connectivity index (χ0v) is 21.1. The van der Waals surface area contributed by atoms with E-state index in [1.165, 1.54) is 0 Å². The molecule has 0 bridgehead atoms. The maximum Gasteiger partial charge on any atom is 0.306 e. The molecule has 194 valence electrons. The lowest BCUT2D eigenvalue weighted by Crippen LogP contribution is -2.32. The van der Waals surface area contributed by atoms with E-state index >= 15 is 0 Å². The number of fused-ring (bicyclic) bond motifs is 1. The number of phenols is 1. The highest BCUT2D eigenvalue weighted by Gasteiger charge is 2.38. The van der Waals surface area contributed by atoms with Gasteiger partial charge in [0.05, 0.1) is 22.6 Å². The molecular weight excluding hydrogens is 460 g/mol. The number of carboxylic acid groups (broad SMARTS) is 1. The summed E-state index contributed by atoms with van der Waals surface area (Å²) in [6.45, 7) is 5.76. The van der Waals surface area contributed by atoms with Crippen LogP contribution in [0.2, 0.25) is 0 Å². The summed E-state index contributed by atoms with van der Waals surface area (Å²) in [4.78, 5) is 29.1. The molecule has 0 saturated heterocycles. The first kappa shape index (κ1) is 27.3. The first-order valence-electron chi connectivity index (χ1n) is 12.3. The van der Waals surface area contributed by atoms with Gasteiger partial charge in [-0.05, 0) is 77.3 Å². The number of imidazole rings is 1. The number of rotatable bonds is 8. The maximum atomic E-state index is 11.8. The highest BCUT2D eigenvalue weighted by molar-refractivity contribution is 5.83. The van der Waals surface area contributed by atoms with Crippen LogP contribution in [-0.4, -0.2) is 55.7 Å². The van der Waals surface area contributed by atoms with Crippen LogP contribution in [0.5, 0.6) is 5.75 Å². The lowest BCUT2D eigenvalue weighted by molar-refractivity contribution is -0.143. The third kappa shape index (κ3) is 5.42. The zero-order chi connectivity index (χ0) is 26.5. The van der Waals surface area contributed by atoms with Gasteiger partial charge >= 0.3 is 5.97 Å². The van der Waals surface area contributed by atoms with Crippen LogP contribution in [0.1, 0.15) is 69.1 Å². The molecule has 1 aromatic carbocycles. The van der Waals surface area contributed by atoms with Crippen molar-refractivity contribution < 1.29 is 24.9 Å². The monoisotopic (exact) mass is 496 g/mol. The number of nitrogens with zero attached hydrogens (tertiary/aromatic N) is 3. The highest BCUT2D eigenvalue weighted by atomic mass is 16.4. The Morgan fingerprint density at radius 2 is 2.03 bits per heavy atom. The molecule has 4 rings (SSSR count). The number of hydrogen-bond acceptors (Lipinski definition) is 7. The van der Waals surface area contributed by atoms with Gasteiger partial charge in [-0.3, -0.25) is 9.78 Å². The van der Waals surface area contributed by atoms with E-state index in [9.17, 15) is 20.1 Å². The van der Waals surface area contributed by atoms with Gasteiger partial charge in [0.1, 0.15) is 18.4 Å². The minimum absolute atomic E-state index is 0.126. The first-order chi connectivity index (χ1) is 17.2. The predicted octanol–water partition coefficient (Wildman–Crippen LogP) is 3.56. The van der Waals surface area contributed by atoms with E-state index < -0.39 is 17.5 Å². The van der Waals surface area contributed by atoms with Crippen molar-refractivity contribution in [3.8, 4) is 5.75 Å². The third-order valence-corrected chi connectivity index (χ3v) is 7.22. The number of pyridine rings is 1. The van der Waals surface area contributed by atoms with Gasteiger partial charge in [-0.1, -0.05) is 12.5 Å². The summed E-state index contributed by atoms with van der Waals surface area (Å²) in [5.74, 6) is -0.620. The topological polar surface area (TPSA) is 138 Å². The van der Waals surface area contributed by atoms with Gasteiger partial charge in [0.2, 0.25) is 0 Å². The summed E-state index contributed by atoms with van der Waals surface area (Å²) in [6, 6.07) is 9.02. The van der Waals surface area contributed by atoms with E-state index in [1.807, 2.05) is 30.5 Å². The number of phenolic OH excluding ortho intramolecular Hbond substituents is 1. The predicted molar refractivity (Wildman–Crippen MR) is 137 cm³/mol. The number of carboxylic acids is 1. The molecule has 1 aliphatic carbocycles. The van der Waals surface area contributed by atoms with Gasteiger partial charge in [0.25, 0.3) is 0 Å². The molecule has 1 fully saturated rings. The molecule has 0 spiro atoms. The second kappa shape index (κ2) is 11.6. The lowest BCUT2D eigenvalue weighted by atomic mass is 9.85. The standard InChI is InChI=1S/C26H34N4O4.CH2O/c1-16(27-3)10-11-19-21(31)13-12-20-23(19)29-25(26(2,34)22-9-4-5-14-28-22)30(20)18-8-6-7-17(15-18)24(32)33;1-2/h4-5,9,12-14,16-18,27,31,34H,6-8,10-11,15H2,1-3H3,(H,32,33);1H2. The van der Waals surface area contributed by atoms with Crippen molar-refractivity contribution in [3.05, 3.63) is 53.6 Å². The maximum absolute atomic E-state index is 11.8. The van der Waals surface area contributed by atoms with E-state index in [-0.39, 0.29) is 17.8 Å². The molecule has 9 heteroatoms. The molecule has 2 heterocycles. The van der Waals surface area contributed by atoms with Crippen molar-refractivity contribution in [2.24, 2.45) is 5.92 Å². The molecule has 36 heavy (non-hydrogen) atoms. The number of hydrogen-bond donors (Lipinski definition) is 4. The number of benzene rings is 1. The molecule has 3 aromatic rings. The van der Waals surface area contributed by atoms with Crippen LogP contribution >= 0.6 is 0 Å². The van der Waals surface area contributed by atoms with Crippen molar-refractivity contribution in [1.29, 1.82) is 0 Å². The Hall–Kier alpha value is -3.30. The molecule has 9 nitrogen and oxygen atoms in total. The number of aromatic nitrogens is 3. The molecule has 4 unspecified atom stereocenters. The average molecular weight is 497 g/mol. The molecule has 4 atom stereocenters. The SMILES string of the molecule is C=O.CNC(C)CCc1c(O)ccc2c1nc(C(C)(O)c1ccccn1)n2C1CCCC(C(=O)O)C1. The second-order valence-electron chi connectivity index (χ2n) is 9.61. The van der Waals surface area contributed by atoms with Crippen LogP contribution in [0.4, 0.5) is 0 Å². The largest absolute Gasteiger partial charge is 0.508 e. The number of aryl methyl sites for hydroxylation is 1. The van der Waals surface area contributed by atoms with Gasteiger partial charge < -0.3 is 30.0 Å². The van der Waals surface area contributed by atoms with Crippen LogP contribution in [0.15, 0.2) is 36.5 Å². The molecule has 0 radical (unpaired) electrons. The number of carbonyl (C=O) groups is 2. The minimum Gasteiger partial charge on any atom is -0.508 e. The Kier molecular flexibility index (Phi) is 8.81. The Morgan fingerprint density at radius 3 is 2.67 bits per heavy atom. The fourth-order valence-electron chi connectivity index (χ4n) is 5.06. The van der Waals surface area contributed by atoms with Crippen molar-refractivity contribution >= 4 is 23.8 Å². The quantitative estimate of drug-likeness (QED) is 0.371. The number of carbonyl (C=O) groups excluding carboxylic acids is 1. The number of nitrogens with one attached hydrogen (secondary N) is 1. The van der Waals surface area contributed by atoms with Crippen molar-refractivity contribution in [2.45, 2.75) is 70.1 Å². The summed E-state index contributed by atoms with van der Waals surface area (Å²) < 4.78 is 2.00. The van der Waals surface area contributed by atoms with Gasteiger partial charge in [0, 0.05) is 23.8 Å². The van der Waals surface area contributed by atoms with E-state index in [1.54, 1.807) is 31.3 Å². The molecular formula is C27H36N4O5. The molecule has 1 saturated carbocycles. The normalized spacial score (nSPS) is 20.2. The summed E-state index contributed by atoms with van der Waals surface area (Å²) in [6.07, 6.45) is 5.78. The average Bonchev–Trinajstić information content (AvgIpc) is 3.30. The van der Waals surface area contributed by atoms with Gasteiger partial charge in [-0.25, -0.2) is 4.98 Å². The van der Waals surface area contributed by atoms with Crippen molar-refractivity contribution in [3.63, 3.8) is 0 Å². The fourth-order valence-corrected chi connectivity index (χ4v) is 5.06. The van der Waals surface area contributed by atoms with E-state index in [4.69, 9.17) is 9.78 Å². The summed E-state index contributed by atoms with van der Waals surface area (Å²) in [7, 11) is 1.91. The van der Waals surface area contributed by atoms with E-state index in [2.05, 4.69) is 17.2 Å². The van der Waals surface area contributed by atoms with E-state index in [0.29, 0.717) is 36.3 Å². The van der Waals surface area contributed by atoms with Crippen LogP contribution in [0, 0.1) is 5.92 Å². The molecule has 1 aliphatic rings. The summed E-state index contributed by atoms with van der Waals surface area (Å²) in [5.41, 5.74) is 1.15. The number of aliphatic hydroxyl groups is 1. The third-order valence-electron chi connectivity index (χ3n) is 7.22. The van der Waals surface area contributed by atoms with Gasteiger partial charge in [0.15, 0.2) is 5.60 Å². The Bertz CT molecular complexity index is 1180. The van der Waals surface area contributed by atoms with E-state index in [0.717, 1.165) is 30.3 Å². The van der Waals surface area contributed by atoms with Crippen molar-refractivity contribution in [1.82, 2.24) is 19.9 Å². The van der Waals surface area contributed by atoms with Crippen molar-refractivity contribution in [2.75, 3.05) is 7.05 Å². The Labute approximate surface area is 211 Å². The van der Waals surface area contributed by atoms with Crippen LogP contribution in [0.3, 0.4) is 0 Å². The molecule has 4 N–H and O–H groups in total. The highest BCUT2D eigenvalue weighted by Crippen LogP contribution is 2.41. The van der Waals surface area contributed by atoms with Gasteiger partial charge in [-0.15, -0.1) is 0 Å². The fraction of sp³-hybridized carbons (Fsp3) is 0.481. The van der Waals surface area contributed by atoms with Crippen LogP contribution in [0.25, 0.3) is 11.0 Å². The lowest BCUT2D eigenvalue weighted by Gasteiger charge is -2.32. The minimum atomic E-state index is -1.50. The summed E-state index contributed by atoms with van der Waals surface area (Å²) >= 11 is 0. The van der Waals surface area contributed by atoms with Crippen LogP contribution < -0.4 is 5.32 Å². The zero-order valence-electron chi connectivity index (χ0n) is 21.1. The Balaban J connectivity index is 0.00000176. The smallest absolute Gasteiger partial charge is 0.306 e. The second-order valence-corrected chi connectivity index (χ2v) is 9.61. The number of aliphatic carboxylic acids is 1.